The van der Waals surface area contributed by atoms with Crippen LogP contribution in [0.25, 0.3) is 0 Å². The van der Waals surface area contributed by atoms with Crippen LogP contribution >= 0.6 is 0 Å². The van der Waals surface area contributed by atoms with Gasteiger partial charge in [0.2, 0.25) is 17.6 Å². The summed E-state index contributed by atoms with van der Waals surface area (Å²) in [6.45, 7) is 9.86. The number of Topliss-reactive ketones (excluding diaryl/α,β-unsaturated/α-hetero) is 2. The number of nitrogens with zero attached hydrogens (tertiary/aromatic N) is 1. The Morgan fingerprint density at radius 2 is 1.48 bits per heavy atom. The number of primary amides is 1. The predicted octanol–water partition coefficient (Wildman–Crippen LogP) is 2.84. The van der Waals surface area contributed by atoms with Gasteiger partial charge in [-0.1, -0.05) is 66.7 Å². The highest BCUT2D eigenvalue weighted by molar-refractivity contribution is 6.37. The molecule has 0 aromatic carbocycles. The van der Waals surface area contributed by atoms with Gasteiger partial charge in [-0.2, -0.15) is 0 Å². The van der Waals surface area contributed by atoms with Crippen LogP contribution in [0.1, 0.15) is 105 Å². The molecule has 44 heavy (non-hydrogen) atoms. The van der Waals surface area contributed by atoms with Crippen LogP contribution in [-0.2, 0) is 24.0 Å². The fourth-order valence-corrected chi connectivity index (χ4v) is 7.08. The Morgan fingerprint density at radius 1 is 0.841 bits per heavy atom. The standard InChI is InChI=1S/C33H53N5O6/c1-18(2)22-15-16-38(25(22)30(42)35-23(17-19-11-12-19)27(40)29(34)41)31(43)28(33(3,4)5)37-32(44)36-24(26(39)21-13-14-21)20-9-7-6-8-10-20/h18-25,28H,6-17H2,1-5H3,(H2,34,41)(H,35,42)(H2,36,37,44)/t22-,23?,24+,25+,28-/m1/s1. The van der Waals surface area contributed by atoms with Crippen molar-refractivity contribution in [2.45, 2.75) is 129 Å². The van der Waals surface area contributed by atoms with Crippen LogP contribution in [0, 0.1) is 35.0 Å². The van der Waals surface area contributed by atoms with Gasteiger partial charge in [-0.3, -0.25) is 24.0 Å². The molecule has 4 fully saturated rings. The summed E-state index contributed by atoms with van der Waals surface area (Å²) >= 11 is 0. The van der Waals surface area contributed by atoms with E-state index in [1.54, 1.807) is 0 Å². The summed E-state index contributed by atoms with van der Waals surface area (Å²) in [7, 11) is 0. The van der Waals surface area contributed by atoms with Crippen molar-refractivity contribution in [3.8, 4) is 0 Å². The molecule has 4 aliphatic rings. The van der Waals surface area contributed by atoms with Crippen LogP contribution < -0.4 is 21.7 Å². The number of urea groups is 1. The van der Waals surface area contributed by atoms with E-state index in [0.717, 1.165) is 57.8 Å². The summed E-state index contributed by atoms with van der Waals surface area (Å²) in [6.07, 6.45) is 9.49. The van der Waals surface area contributed by atoms with Gasteiger partial charge in [0.05, 0.1) is 12.1 Å². The van der Waals surface area contributed by atoms with E-state index in [9.17, 15) is 28.8 Å². The minimum atomic E-state index is -1.09. The second-order valence-corrected chi connectivity index (χ2v) is 15.1. The number of rotatable bonds is 13. The summed E-state index contributed by atoms with van der Waals surface area (Å²) in [5.41, 5.74) is 4.59. The van der Waals surface area contributed by atoms with E-state index in [0.29, 0.717) is 19.4 Å². The maximum absolute atomic E-state index is 14.3. The summed E-state index contributed by atoms with van der Waals surface area (Å²) in [5.74, 6) is -2.47. The molecule has 4 rings (SSSR count). The highest BCUT2D eigenvalue weighted by atomic mass is 16.2. The van der Waals surface area contributed by atoms with Crippen LogP contribution in [0.2, 0.25) is 0 Å². The molecule has 0 radical (unpaired) electrons. The number of hydrogen-bond acceptors (Lipinski definition) is 6. The Kier molecular flexibility index (Phi) is 10.8. The lowest BCUT2D eigenvalue weighted by molar-refractivity contribution is -0.144. The van der Waals surface area contributed by atoms with Crippen molar-refractivity contribution < 1.29 is 28.8 Å². The van der Waals surface area contributed by atoms with Crippen molar-refractivity contribution >= 4 is 35.3 Å². The Hall–Kier alpha value is -2.98. The number of carbonyl (C=O) groups is 6. The number of nitrogens with one attached hydrogen (secondary N) is 3. The molecule has 3 saturated carbocycles. The molecule has 5 atom stereocenters. The third-order valence-electron chi connectivity index (χ3n) is 10.1. The molecular weight excluding hydrogens is 562 g/mol. The molecule has 1 unspecified atom stereocenters. The highest BCUT2D eigenvalue weighted by Gasteiger charge is 2.48. The van der Waals surface area contributed by atoms with Crippen molar-refractivity contribution in [1.29, 1.82) is 0 Å². The largest absolute Gasteiger partial charge is 0.363 e. The highest BCUT2D eigenvalue weighted by Crippen LogP contribution is 2.37. The fraction of sp³-hybridized carbons (Fsp3) is 0.818. The number of amides is 5. The van der Waals surface area contributed by atoms with Crippen molar-refractivity contribution in [1.82, 2.24) is 20.9 Å². The van der Waals surface area contributed by atoms with Crippen molar-refractivity contribution in [2.24, 2.45) is 40.7 Å². The van der Waals surface area contributed by atoms with E-state index in [-0.39, 0.29) is 35.4 Å². The van der Waals surface area contributed by atoms with Gasteiger partial charge >= 0.3 is 6.03 Å². The molecule has 0 bridgehead atoms. The summed E-state index contributed by atoms with van der Waals surface area (Å²) in [4.78, 5) is 80.7. The monoisotopic (exact) mass is 615 g/mol. The van der Waals surface area contributed by atoms with E-state index in [1.165, 1.54) is 4.90 Å². The topological polar surface area (TPSA) is 168 Å². The minimum absolute atomic E-state index is 0.00398. The van der Waals surface area contributed by atoms with Crippen LogP contribution in [-0.4, -0.2) is 70.9 Å². The molecule has 246 valence electrons. The first-order chi connectivity index (χ1) is 20.7. The molecule has 5 amide bonds. The summed E-state index contributed by atoms with van der Waals surface area (Å²) < 4.78 is 0. The molecule has 0 spiro atoms. The van der Waals surface area contributed by atoms with Crippen molar-refractivity contribution in [3.63, 3.8) is 0 Å². The average Bonchev–Trinajstić information content (AvgIpc) is 3.91. The van der Waals surface area contributed by atoms with E-state index < -0.39 is 59.1 Å². The fourth-order valence-electron chi connectivity index (χ4n) is 7.08. The Morgan fingerprint density at radius 3 is 2.00 bits per heavy atom. The van der Waals surface area contributed by atoms with Crippen LogP contribution in [0.3, 0.4) is 0 Å². The first-order valence-electron chi connectivity index (χ1n) is 16.7. The third-order valence-corrected chi connectivity index (χ3v) is 10.1. The van der Waals surface area contributed by atoms with E-state index >= 15 is 0 Å². The lowest BCUT2D eigenvalue weighted by Gasteiger charge is -2.37. The van der Waals surface area contributed by atoms with Crippen LogP contribution in [0.15, 0.2) is 0 Å². The second kappa shape index (κ2) is 14.0. The van der Waals surface area contributed by atoms with E-state index in [1.807, 2.05) is 34.6 Å². The van der Waals surface area contributed by atoms with Crippen molar-refractivity contribution in [3.05, 3.63) is 0 Å². The average molecular weight is 616 g/mol. The third kappa shape index (κ3) is 8.38. The maximum Gasteiger partial charge on any atom is 0.316 e. The molecule has 1 aliphatic heterocycles. The number of likely N-dealkylation sites (tertiary alicyclic amines) is 1. The molecule has 11 nitrogen and oxygen atoms in total. The molecule has 1 heterocycles. The van der Waals surface area contributed by atoms with Gasteiger partial charge in [-0.25, -0.2) is 4.79 Å². The zero-order valence-electron chi connectivity index (χ0n) is 27.2. The quantitative estimate of drug-likeness (QED) is 0.232. The van der Waals surface area contributed by atoms with Crippen molar-refractivity contribution in [2.75, 3.05) is 6.54 Å². The molecule has 5 N–H and O–H groups in total. The SMILES string of the molecule is CC(C)[C@H]1CCN(C(=O)[C@@H](NC(=O)N[C@H](C(=O)C2CC2)C2CCCCC2)C(C)(C)C)[C@@H]1C(=O)NC(CC1CC1)C(=O)C(N)=O. The van der Waals surface area contributed by atoms with Gasteiger partial charge in [-0.05, 0) is 67.6 Å². The minimum Gasteiger partial charge on any atom is -0.363 e. The molecular formula is C33H53N5O6. The smallest absolute Gasteiger partial charge is 0.316 e. The maximum atomic E-state index is 14.3. The van der Waals surface area contributed by atoms with Gasteiger partial charge in [0.25, 0.3) is 5.91 Å². The second-order valence-electron chi connectivity index (χ2n) is 15.1. The van der Waals surface area contributed by atoms with Gasteiger partial charge in [0, 0.05) is 12.5 Å². The molecule has 0 aromatic rings. The van der Waals surface area contributed by atoms with Crippen LogP contribution in [0.5, 0.6) is 0 Å². The molecule has 11 heteroatoms. The molecule has 3 aliphatic carbocycles. The van der Waals surface area contributed by atoms with Gasteiger partial charge in [-0.15, -0.1) is 0 Å². The predicted molar refractivity (Wildman–Crippen MR) is 165 cm³/mol. The first kappa shape index (κ1) is 33.9. The van der Waals surface area contributed by atoms with E-state index in [2.05, 4.69) is 16.0 Å². The van der Waals surface area contributed by atoms with Gasteiger partial charge < -0.3 is 26.6 Å². The van der Waals surface area contributed by atoms with Gasteiger partial charge in [0.15, 0.2) is 5.78 Å². The summed E-state index contributed by atoms with van der Waals surface area (Å²) in [5, 5.41) is 8.62. The molecule has 1 saturated heterocycles. The lowest BCUT2D eigenvalue weighted by Crippen LogP contribution is -2.62. The number of ketones is 2. The molecule has 0 aromatic heterocycles. The number of nitrogens with two attached hydrogens (primary N) is 1. The Balaban J connectivity index is 1.52. The van der Waals surface area contributed by atoms with Crippen LogP contribution in [0.4, 0.5) is 4.79 Å². The van der Waals surface area contributed by atoms with E-state index in [4.69, 9.17) is 5.73 Å². The van der Waals surface area contributed by atoms with Gasteiger partial charge in [0.1, 0.15) is 12.1 Å². The Labute approximate surface area is 261 Å². The zero-order chi connectivity index (χ0) is 32.3. The number of carbonyl (C=O) groups excluding carboxylic acids is 6. The summed E-state index contributed by atoms with van der Waals surface area (Å²) in [6, 6.07) is -3.99. The normalized spacial score (nSPS) is 24.7. The first-order valence-corrected chi connectivity index (χ1v) is 16.7. The lowest BCUT2D eigenvalue weighted by atomic mass is 9.81. The number of hydrogen-bond donors (Lipinski definition) is 4. The zero-order valence-corrected chi connectivity index (χ0v) is 27.2. The Bertz CT molecular complexity index is 1120.